The Balaban J connectivity index is 1.76. The molecule has 2 aliphatic heterocycles. The molecule has 1 saturated carbocycles. The summed E-state index contributed by atoms with van der Waals surface area (Å²) in [7, 11) is 2.07. The van der Waals surface area contributed by atoms with Crippen molar-refractivity contribution in [3.05, 3.63) is 0 Å². The molecule has 0 bridgehead atoms. The highest BCUT2D eigenvalue weighted by Crippen LogP contribution is 2.39. The lowest BCUT2D eigenvalue weighted by Gasteiger charge is -2.51. The van der Waals surface area contributed by atoms with Crippen molar-refractivity contribution < 1.29 is 14.2 Å². The highest BCUT2D eigenvalue weighted by atomic mass is 16.7. The van der Waals surface area contributed by atoms with Crippen LogP contribution in [-0.4, -0.2) is 67.8 Å². The van der Waals surface area contributed by atoms with Gasteiger partial charge in [0.15, 0.2) is 5.79 Å². The molecule has 0 aromatic rings. The van der Waals surface area contributed by atoms with Gasteiger partial charge in [0.25, 0.3) is 0 Å². The van der Waals surface area contributed by atoms with Crippen molar-refractivity contribution in [2.45, 2.75) is 69.6 Å². The van der Waals surface area contributed by atoms with Gasteiger partial charge in [0.05, 0.1) is 24.9 Å². The normalized spacial score (nSPS) is 39.7. The second kappa shape index (κ2) is 5.78. The number of nitrogens with one attached hydrogen (secondary N) is 1. The third kappa shape index (κ3) is 3.27. The summed E-state index contributed by atoms with van der Waals surface area (Å²) in [4.78, 5) is 2.58. The number of likely N-dealkylation sites (N-methyl/N-ethyl adjacent to an activating group) is 1. The van der Waals surface area contributed by atoms with E-state index in [0.29, 0.717) is 12.1 Å². The first-order valence-corrected chi connectivity index (χ1v) is 8.30. The predicted octanol–water partition coefficient (Wildman–Crippen LogP) is 1.37. The van der Waals surface area contributed by atoms with Crippen LogP contribution in [0, 0.1) is 0 Å². The average Bonchev–Trinajstić information content (AvgIpc) is 2.85. The fourth-order valence-electron chi connectivity index (χ4n) is 4.37. The molecular weight excluding hydrogens is 268 g/mol. The number of hydrogen-bond acceptors (Lipinski definition) is 5. The van der Waals surface area contributed by atoms with Gasteiger partial charge in [-0.3, -0.25) is 4.90 Å². The summed E-state index contributed by atoms with van der Waals surface area (Å²) in [6, 6.07) is 0.956. The lowest BCUT2D eigenvalue weighted by atomic mass is 9.83. The molecule has 1 aliphatic carbocycles. The van der Waals surface area contributed by atoms with E-state index < -0.39 is 0 Å². The molecule has 3 rings (SSSR count). The van der Waals surface area contributed by atoms with E-state index in [1.165, 1.54) is 0 Å². The molecule has 0 amide bonds. The lowest BCUT2D eigenvalue weighted by Crippen LogP contribution is -2.63. The Morgan fingerprint density at radius 1 is 1.19 bits per heavy atom. The van der Waals surface area contributed by atoms with Crippen LogP contribution in [-0.2, 0) is 14.2 Å². The third-order valence-electron chi connectivity index (χ3n) is 5.07. The molecule has 0 aromatic carbocycles. The molecule has 122 valence electrons. The summed E-state index contributed by atoms with van der Waals surface area (Å²) in [5.74, 6) is -0.330. The molecule has 3 fully saturated rings. The zero-order chi connectivity index (χ0) is 15.1. The first-order valence-electron chi connectivity index (χ1n) is 8.30. The molecule has 5 heteroatoms. The second-order valence-electron chi connectivity index (χ2n) is 7.43. The van der Waals surface area contributed by atoms with E-state index >= 15 is 0 Å². The Bertz CT molecular complexity index is 369. The molecule has 1 spiro atoms. The smallest absolute Gasteiger partial charge is 0.170 e. The van der Waals surface area contributed by atoms with E-state index in [0.717, 1.165) is 45.6 Å². The van der Waals surface area contributed by atoms with E-state index in [1.807, 2.05) is 0 Å². The highest BCUT2D eigenvalue weighted by molar-refractivity contribution is 4.98. The predicted molar refractivity (Wildman–Crippen MR) is 81.3 cm³/mol. The summed E-state index contributed by atoms with van der Waals surface area (Å²) in [5, 5.41) is 3.51. The quantitative estimate of drug-likeness (QED) is 0.834. The number of morpholine rings is 1. The summed E-state index contributed by atoms with van der Waals surface area (Å²) < 4.78 is 18.0. The van der Waals surface area contributed by atoms with Gasteiger partial charge in [0.2, 0.25) is 0 Å². The minimum Gasteiger partial charge on any atom is -0.370 e. The molecule has 3 aliphatic rings. The van der Waals surface area contributed by atoms with Crippen molar-refractivity contribution in [1.29, 1.82) is 0 Å². The van der Waals surface area contributed by atoms with E-state index in [2.05, 4.69) is 38.0 Å². The van der Waals surface area contributed by atoms with Gasteiger partial charge in [-0.05, 0) is 34.2 Å². The fourth-order valence-corrected chi connectivity index (χ4v) is 4.37. The Morgan fingerprint density at radius 3 is 2.52 bits per heavy atom. The minimum absolute atomic E-state index is 0.0854. The van der Waals surface area contributed by atoms with E-state index in [1.54, 1.807) is 0 Å². The van der Waals surface area contributed by atoms with Gasteiger partial charge in [0, 0.05) is 38.0 Å². The topological polar surface area (TPSA) is 43.0 Å². The number of nitrogens with zero attached hydrogens (tertiary/aromatic N) is 1. The van der Waals surface area contributed by atoms with E-state index in [4.69, 9.17) is 14.2 Å². The summed E-state index contributed by atoms with van der Waals surface area (Å²) in [5.41, 5.74) is -0.0854. The van der Waals surface area contributed by atoms with Gasteiger partial charge in [-0.1, -0.05) is 0 Å². The minimum atomic E-state index is -0.330. The summed E-state index contributed by atoms with van der Waals surface area (Å²) in [6.45, 7) is 9.97. The van der Waals surface area contributed by atoms with Crippen LogP contribution in [0.2, 0.25) is 0 Å². The van der Waals surface area contributed by atoms with Gasteiger partial charge in [-0.25, -0.2) is 0 Å². The Kier molecular flexibility index (Phi) is 4.32. The molecule has 1 N–H and O–H groups in total. The van der Waals surface area contributed by atoms with Crippen LogP contribution in [0.25, 0.3) is 0 Å². The maximum absolute atomic E-state index is 6.06. The number of ether oxygens (including phenoxy) is 3. The molecule has 21 heavy (non-hydrogen) atoms. The summed E-state index contributed by atoms with van der Waals surface area (Å²) in [6.07, 6.45) is 3.34. The SMILES string of the molecule is CNC1CCC2(CC1N1CC(C)OC(C)(C)C1)OCCO2. The molecule has 3 unspecified atom stereocenters. The number of rotatable bonds is 2. The van der Waals surface area contributed by atoms with Gasteiger partial charge >= 0.3 is 0 Å². The van der Waals surface area contributed by atoms with Crippen molar-refractivity contribution in [1.82, 2.24) is 10.2 Å². The highest BCUT2D eigenvalue weighted by Gasteiger charge is 2.48. The Labute approximate surface area is 128 Å². The zero-order valence-corrected chi connectivity index (χ0v) is 13.9. The van der Waals surface area contributed by atoms with Crippen molar-refractivity contribution in [3.63, 3.8) is 0 Å². The first kappa shape index (κ1) is 15.7. The molecule has 0 aromatic heterocycles. The van der Waals surface area contributed by atoms with Crippen LogP contribution in [0.15, 0.2) is 0 Å². The first-order chi connectivity index (χ1) is 9.93. The average molecular weight is 298 g/mol. The zero-order valence-electron chi connectivity index (χ0n) is 13.9. The standard InChI is InChI=1S/C16H30N2O3/c1-12-10-18(11-15(2,3)21-12)14-9-16(19-7-8-20-16)6-5-13(14)17-4/h12-14,17H,5-11H2,1-4H3. The maximum atomic E-state index is 6.06. The Hall–Kier alpha value is -0.200. The maximum Gasteiger partial charge on any atom is 0.170 e. The molecule has 5 nitrogen and oxygen atoms in total. The van der Waals surface area contributed by atoms with E-state index in [-0.39, 0.29) is 17.5 Å². The molecular formula is C16H30N2O3. The third-order valence-corrected chi connectivity index (χ3v) is 5.07. The van der Waals surface area contributed by atoms with Crippen LogP contribution >= 0.6 is 0 Å². The fraction of sp³-hybridized carbons (Fsp3) is 1.00. The van der Waals surface area contributed by atoms with E-state index in [9.17, 15) is 0 Å². The molecule has 0 radical (unpaired) electrons. The monoisotopic (exact) mass is 298 g/mol. The van der Waals surface area contributed by atoms with Crippen LogP contribution in [0.4, 0.5) is 0 Å². The second-order valence-corrected chi connectivity index (χ2v) is 7.43. The summed E-state index contributed by atoms with van der Waals surface area (Å²) >= 11 is 0. The van der Waals surface area contributed by atoms with Gasteiger partial charge in [-0.2, -0.15) is 0 Å². The van der Waals surface area contributed by atoms with Crippen LogP contribution < -0.4 is 5.32 Å². The largest absolute Gasteiger partial charge is 0.370 e. The molecule has 2 heterocycles. The van der Waals surface area contributed by atoms with Gasteiger partial charge in [0.1, 0.15) is 0 Å². The van der Waals surface area contributed by atoms with Gasteiger partial charge in [-0.15, -0.1) is 0 Å². The van der Waals surface area contributed by atoms with Crippen molar-refractivity contribution in [3.8, 4) is 0 Å². The van der Waals surface area contributed by atoms with Crippen LogP contribution in [0.3, 0.4) is 0 Å². The van der Waals surface area contributed by atoms with Gasteiger partial charge < -0.3 is 19.5 Å². The number of hydrogen-bond donors (Lipinski definition) is 1. The van der Waals surface area contributed by atoms with Crippen LogP contribution in [0.1, 0.15) is 40.0 Å². The lowest BCUT2D eigenvalue weighted by molar-refractivity contribution is -0.206. The molecule has 2 saturated heterocycles. The van der Waals surface area contributed by atoms with Crippen LogP contribution in [0.5, 0.6) is 0 Å². The van der Waals surface area contributed by atoms with Crippen molar-refractivity contribution >= 4 is 0 Å². The van der Waals surface area contributed by atoms with Crippen molar-refractivity contribution in [2.24, 2.45) is 0 Å². The molecule has 3 atom stereocenters. The van der Waals surface area contributed by atoms with Crippen molar-refractivity contribution in [2.75, 3.05) is 33.4 Å². The Morgan fingerprint density at radius 2 is 1.90 bits per heavy atom.